The number of rotatable bonds is 5. The van der Waals surface area contributed by atoms with E-state index in [1.807, 2.05) is 35.8 Å². The summed E-state index contributed by atoms with van der Waals surface area (Å²) in [4.78, 5) is 4.20. The van der Waals surface area contributed by atoms with Crippen LogP contribution in [0.3, 0.4) is 0 Å². The second kappa shape index (κ2) is 5.63. The number of thiazole rings is 1. The lowest BCUT2D eigenvalue weighted by Gasteiger charge is -2.05. The average molecular weight is 234 g/mol. The van der Waals surface area contributed by atoms with Gasteiger partial charge in [-0.15, -0.1) is 11.3 Å². The van der Waals surface area contributed by atoms with Crippen molar-refractivity contribution in [3.05, 3.63) is 46.4 Å². The Hall–Kier alpha value is -1.39. The minimum Gasteiger partial charge on any atom is -0.396 e. The van der Waals surface area contributed by atoms with Gasteiger partial charge in [0.2, 0.25) is 0 Å². The molecule has 3 nitrogen and oxygen atoms in total. The van der Waals surface area contributed by atoms with Gasteiger partial charge in [-0.25, -0.2) is 4.98 Å². The zero-order valence-corrected chi connectivity index (χ0v) is 9.70. The van der Waals surface area contributed by atoms with Crippen LogP contribution in [0.15, 0.2) is 35.8 Å². The van der Waals surface area contributed by atoms with Crippen LogP contribution in [-0.2, 0) is 13.0 Å². The number of aliphatic hydroxyl groups is 1. The van der Waals surface area contributed by atoms with Crippen molar-refractivity contribution in [3.8, 4) is 0 Å². The van der Waals surface area contributed by atoms with Crippen LogP contribution >= 0.6 is 11.3 Å². The van der Waals surface area contributed by atoms with Crippen molar-refractivity contribution in [1.29, 1.82) is 0 Å². The minimum absolute atomic E-state index is 0.200. The quantitative estimate of drug-likeness (QED) is 0.834. The summed E-state index contributed by atoms with van der Waals surface area (Å²) in [7, 11) is 0. The highest BCUT2D eigenvalue weighted by Gasteiger charge is 1.96. The van der Waals surface area contributed by atoms with Gasteiger partial charge in [0, 0.05) is 23.9 Å². The number of anilines is 1. The molecular formula is C12H14N2OS. The second-order valence-electron chi connectivity index (χ2n) is 3.45. The van der Waals surface area contributed by atoms with E-state index >= 15 is 0 Å². The fourth-order valence-electron chi connectivity index (χ4n) is 1.44. The zero-order chi connectivity index (χ0) is 11.2. The van der Waals surface area contributed by atoms with Crippen molar-refractivity contribution in [2.75, 3.05) is 11.9 Å². The number of hydrogen-bond acceptors (Lipinski definition) is 4. The van der Waals surface area contributed by atoms with Gasteiger partial charge in [0.15, 0.2) is 0 Å². The molecule has 0 bridgehead atoms. The van der Waals surface area contributed by atoms with Crippen LogP contribution in [0.1, 0.15) is 10.6 Å². The van der Waals surface area contributed by atoms with E-state index in [-0.39, 0.29) is 6.61 Å². The molecule has 4 heteroatoms. The molecule has 0 saturated heterocycles. The summed E-state index contributed by atoms with van der Waals surface area (Å²) >= 11 is 1.65. The van der Waals surface area contributed by atoms with Gasteiger partial charge in [0.1, 0.15) is 5.01 Å². The molecule has 0 aliphatic carbocycles. The highest BCUT2D eigenvalue weighted by atomic mass is 32.1. The second-order valence-corrected chi connectivity index (χ2v) is 4.43. The summed E-state index contributed by atoms with van der Waals surface area (Å²) in [5.41, 5.74) is 2.24. The SMILES string of the molecule is OCCc1ccc(NCc2nccs2)cc1. The fraction of sp³-hybridized carbons (Fsp3) is 0.250. The Morgan fingerprint density at radius 1 is 1.25 bits per heavy atom. The van der Waals surface area contributed by atoms with Crippen molar-refractivity contribution >= 4 is 17.0 Å². The molecule has 2 rings (SSSR count). The largest absolute Gasteiger partial charge is 0.396 e. The molecule has 0 atom stereocenters. The van der Waals surface area contributed by atoms with E-state index in [2.05, 4.69) is 10.3 Å². The molecule has 16 heavy (non-hydrogen) atoms. The zero-order valence-electron chi connectivity index (χ0n) is 8.89. The monoisotopic (exact) mass is 234 g/mol. The Bertz CT molecular complexity index is 411. The van der Waals surface area contributed by atoms with Gasteiger partial charge in [-0.3, -0.25) is 0 Å². The van der Waals surface area contributed by atoms with Crippen LogP contribution in [-0.4, -0.2) is 16.7 Å². The first kappa shape index (κ1) is 11.1. The van der Waals surface area contributed by atoms with Crippen molar-refractivity contribution in [2.45, 2.75) is 13.0 Å². The number of aliphatic hydroxyl groups excluding tert-OH is 1. The summed E-state index contributed by atoms with van der Waals surface area (Å²) in [6, 6.07) is 8.11. The molecule has 1 heterocycles. The maximum absolute atomic E-state index is 8.79. The molecule has 0 spiro atoms. The lowest BCUT2D eigenvalue weighted by molar-refractivity contribution is 0.299. The third kappa shape index (κ3) is 3.05. The van der Waals surface area contributed by atoms with Crippen LogP contribution < -0.4 is 5.32 Å². The predicted molar refractivity (Wildman–Crippen MR) is 66.7 cm³/mol. The van der Waals surface area contributed by atoms with Gasteiger partial charge in [0.25, 0.3) is 0 Å². The number of benzene rings is 1. The van der Waals surface area contributed by atoms with E-state index < -0.39 is 0 Å². The smallest absolute Gasteiger partial charge is 0.112 e. The van der Waals surface area contributed by atoms with Crippen LogP contribution in [0.25, 0.3) is 0 Å². The van der Waals surface area contributed by atoms with Crippen LogP contribution in [0.5, 0.6) is 0 Å². The first-order valence-corrected chi connectivity index (χ1v) is 6.08. The lowest BCUT2D eigenvalue weighted by Crippen LogP contribution is -1.99. The van der Waals surface area contributed by atoms with Crippen molar-refractivity contribution < 1.29 is 5.11 Å². The molecule has 2 aromatic rings. The molecule has 84 valence electrons. The first-order valence-electron chi connectivity index (χ1n) is 5.20. The third-order valence-corrected chi connectivity index (χ3v) is 3.06. The summed E-state index contributed by atoms with van der Waals surface area (Å²) in [5, 5.41) is 15.2. The number of aromatic nitrogens is 1. The normalized spacial score (nSPS) is 10.3. The Morgan fingerprint density at radius 3 is 2.69 bits per heavy atom. The molecule has 2 N–H and O–H groups in total. The molecule has 0 aliphatic rings. The van der Waals surface area contributed by atoms with Crippen molar-refractivity contribution in [2.24, 2.45) is 0 Å². The first-order chi connectivity index (χ1) is 7.88. The summed E-state index contributed by atoms with van der Waals surface area (Å²) < 4.78 is 0. The highest BCUT2D eigenvalue weighted by molar-refractivity contribution is 7.09. The maximum Gasteiger partial charge on any atom is 0.112 e. The lowest BCUT2D eigenvalue weighted by atomic mass is 10.1. The third-order valence-electron chi connectivity index (χ3n) is 2.28. The van der Waals surface area contributed by atoms with Gasteiger partial charge in [-0.1, -0.05) is 12.1 Å². The Labute approximate surface area is 98.8 Å². The van der Waals surface area contributed by atoms with Crippen molar-refractivity contribution in [1.82, 2.24) is 4.98 Å². The molecule has 0 radical (unpaired) electrons. The Morgan fingerprint density at radius 2 is 2.06 bits per heavy atom. The average Bonchev–Trinajstić information content (AvgIpc) is 2.82. The molecule has 0 aliphatic heterocycles. The number of nitrogens with one attached hydrogen (secondary N) is 1. The van der Waals surface area contributed by atoms with Gasteiger partial charge in [0.05, 0.1) is 6.54 Å². The summed E-state index contributed by atoms with van der Waals surface area (Å²) in [5.74, 6) is 0. The topological polar surface area (TPSA) is 45.1 Å². The predicted octanol–water partition coefficient (Wildman–Crippen LogP) is 2.29. The summed E-state index contributed by atoms with van der Waals surface area (Å²) in [6.07, 6.45) is 2.53. The van der Waals surface area contributed by atoms with Gasteiger partial charge in [-0.2, -0.15) is 0 Å². The molecule has 0 amide bonds. The van der Waals surface area contributed by atoms with E-state index in [0.29, 0.717) is 6.42 Å². The van der Waals surface area contributed by atoms with Crippen molar-refractivity contribution in [3.63, 3.8) is 0 Å². The van der Waals surface area contributed by atoms with Crippen LogP contribution in [0.2, 0.25) is 0 Å². The standard InChI is InChI=1S/C12H14N2OS/c15-7-5-10-1-3-11(4-2-10)14-9-12-13-6-8-16-12/h1-4,6,8,14-15H,5,7,9H2. The van der Waals surface area contributed by atoms with Gasteiger partial charge in [-0.05, 0) is 24.1 Å². The Balaban J connectivity index is 1.90. The molecule has 1 aromatic carbocycles. The summed E-state index contributed by atoms with van der Waals surface area (Å²) in [6.45, 7) is 0.961. The van der Waals surface area contributed by atoms with Gasteiger partial charge < -0.3 is 10.4 Å². The van der Waals surface area contributed by atoms with Crippen LogP contribution in [0.4, 0.5) is 5.69 Å². The van der Waals surface area contributed by atoms with E-state index in [9.17, 15) is 0 Å². The maximum atomic E-state index is 8.79. The van der Waals surface area contributed by atoms with E-state index in [0.717, 1.165) is 22.8 Å². The molecule has 1 aromatic heterocycles. The minimum atomic E-state index is 0.200. The van der Waals surface area contributed by atoms with Gasteiger partial charge >= 0.3 is 0 Å². The number of hydrogen-bond donors (Lipinski definition) is 2. The highest BCUT2D eigenvalue weighted by Crippen LogP contribution is 2.12. The van der Waals surface area contributed by atoms with E-state index in [1.165, 1.54) is 0 Å². The molecular weight excluding hydrogens is 220 g/mol. The molecule has 0 unspecified atom stereocenters. The fourth-order valence-corrected chi connectivity index (χ4v) is 1.99. The van der Waals surface area contributed by atoms with E-state index in [4.69, 9.17) is 5.11 Å². The molecule has 0 fully saturated rings. The van der Waals surface area contributed by atoms with E-state index in [1.54, 1.807) is 11.3 Å². The molecule has 0 saturated carbocycles. The Kier molecular flexibility index (Phi) is 3.91. The van der Waals surface area contributed by atoms with Crippen LogP contribution in [0, 0.1) is 0 Å². The number of nitrogens with zero attached hydrogens (tertiary/aromatic N) is 1.